The second-order valence-corrected chi connectivity index (χ2v) is 9.68. The molecule has 0 aliphatic carbocycles. The lowest BCUT2D eigenvalue weighted by Gasteiger charge is -2.30. The number of nitrogens with zero attached hydrogens (tertiary/aromatic N) is 1. The largest absolute Gasteiger partial charge is 0.352 e. The first-order valence-corrected chi connectivity index (χ1v) is 12.5. The van der Waals surface area contributed by atoms with Gasteiger partial charge in [0.1, 0.15) is 11.9 Å². The molecule has 1 N–H and O–H groups in total. The van der Waals surface area contributed by atoms with Crippen LogP contribution < -0.4 is 5.32 Å². The van der Waals surface area contributed by atoms with Gasteiger partial charge >= 0.3 is 0 Å². The van der Waals surface area contributed by atoms with Crippen molar-refractivity contribution in [2.75, 3.05) is 5.75 Å². The fraction of sp³-hybridized carbons (Fsp3) is 0.391. The minimum atomic E-state index is -0.721. The van der Waals surface area contributed by atoms with Gasteiger partial charge < -0.3 is 10.2 Å². The lowest BCUT2D eigenvalue weighted by atomic mass is 10.1. The smallest absolute Gasteiger partial charge is 0.242 e. The molecule has 0 aliphatic rings. The van der Waals surface area contributed by atoms with Crippen LogP contribution in [0.5, 0.6) is 0 Å². The van der Waals surface area contributed by atoms with Crippen molar-refractivity contribution in [1.29, 1.82) is 0 Å². The highest BCUT2D eigenvalue weighted by Gasteiger charge is 2.27. The lowest BCUT2D eigenvalue weighted by Crippen LogP contribution is -2.50. The number of carbonyl (C=O) groups is 2. The number of thioether (sulfide) groups is 1. The van der Waals surface area contributed by atoms with Gasteiger partial charge in [0, 0.05) is 39.0 Å². The SMILES string of the molecule is CC[C@H](C)NC(=O)[C@H](C)N(Cc1ccc(Cl)cc1Cl)C(=O)CSCc1c(F)cccc1Cl. The van der Waals surface area contributed by atoms with Crippen LogP contribution in [0.2, 0.25) is 15.1 Å². The highest BCUT2D eigenvalue weighted by Crippen LogP contribution is 2.26. The zero-order chi connectivity index (χ0) is 23.8. The quantitative estimate of drug-likeness (QED) is 0.398. The summed E-state index contributed by atoms with van der Waals surface area (Å²) in [7, 11) is 0. The number of hydrogen-bond donors (Lipinski definition) is 1. The van der Waals surface area contributed by atoms with Gasteiger partial charge in [-0.1, -0.05) is 53.9 Å². The van der Waals surface area contributed by atoms with Gasteiger partial charge in [-0.25, -0.2) is 4.39 Å². The Balaban J connectivity index is 2.16. The molecule has 0 fully saturated rings. The molecular weight excluding hydrogens is 494 g/mol. The third-order valence-corrected chi connectivity index (χ3v) is 6.94. The third kappa shape index (κ3) is 7.55. The predicted molar refractivity (Wildman–Crippen MR) is 132 cm³/mol. The van der Waals surface area contributed by atoms with Crippen LogP contribution in [0.3, 0.4) is 0 Å². The van der Waals surface area contributed by atoms with Gasteiger partial charge in [0.05, 0.1) is 5.75 Å². The number of benzene rings is 2. The van der Waals surface area contributed by atoms with Gasteiger partial charge in [0.15, 0.2) is 0 Å². The zero-order valence-electron chi connectivity index (χ0n) is 18.1. The first kappa shape index (κ1) is 26.8. The molecule has 0 bridgehead atoms. The maximum atomic E-state index is 14.0. The average molecular weight is 520 g/mol. The fourth-order valence-corrected chi connectivity index (χ4v) is 4.59. The Labute approximate surface area is 207 Å². The molecule has 32 heavy (non-hydrogen) atoms. The van der Waals surface area contributed by atoms with E-state index < -0.39 is 11.9 Å². The van der Waals surface area contributed by atoms with E-state index in [0.29, 0.717) is 26.2 Å². The van der Waals surface area contributed by atoms with Crippen LogP contribution >= 0.6 is 46.6 Å². The van der Waals surface area contributed by atoms with Gasteiger partial charge in [-0.05, 0) is 50.1 Å². The molecule has 9 heteroatoms. The normalized spacial score (nSPS) is 12.8. The third-order valence-electron chi connectivity index (χ3n) is 5.06. The standard InChI is InChI=1S/C23H26Cl3FN2O2S/c1-4-14(2)28-23(31)15(3)29(11-16-8-9-17(24)10-20(16)26)22(30)13-32-12-18-19(25)6-5-7-21(18)27/h5-10,14-15H,4,11-13H2,1-3H3,(H,28,31)/t14-,15-/m0/s1. The number of halogens is 4. The molecule has 2 amide bonds. The van der Waals surface area contributed by atoms with Crippen molar-refractivity contribution in [2.24, 2.45) is 0 Å². The Morgan fingerprint density at radius 2 is 1.84 bits per heavy atom. The number of carbonyl (C=O) groups excluding carboxylic acids is 2. The van der Waals surface area contributed by atoms with E-state index in [-0.39, 0.29) is 35.9 Å². The molecule has 2 aromatic carbocycles. The molecule has 0 saturated heterocycles. The second kappa shape index (κ2) is 12.7. The number of hydrogen-bond acceptors (Lipinski definition) is 3. The summed E-state index contributed by atoms with van der Waals surface area (Å²) in [6.07, 6.45) is 0.772. The second-order valence-electron chi connectivity index (χ2n) is 7.44. The van der Waals surface area contributed by atoms with Gasteiger partial charge in [-0.15, -0.1) is 11.8 Å². The van der Waals surface area contributed by atoms with Crippen molar-refractivity contribution in [1.82, 2.24) is 10.2 Å². The van der Waals surface area contributed by atoms with Crippen LogP contribution in [-0.4, -0.2) is 34.6 Å². The number of amides is 2. The Morgan fingerprint density at radius 3 is 2.47 bits per heavy atom. The summed E-state index contributed by atoms with van der Waals surface area (Å²) in [4.78, 5) is 27.3. The Hall–Kier alpha value is -1.47. The van der Waals surface area contributed by atoms with E-state index in [9.17, 15) is 14.0 Å². The molecule has 0 unspecified atom stereocenters. The molecule has 0 aliphatic heterocycles. The fourth-order valence-electron chi connectivity index (χ4n) is 2.88. The van der Waals surface area contributed by atoms with E-state index in [1.54, 1.807) is 31.2 Å². The van der Waals surface area contributed by atoms with Crippen LogP contribution in [0.1, 0.15) is 38.3 Å². The van der Waals surface area contributed by atoms with Gasteiger partial charge in [-0.3, -0.25) is 9.59 Å². The molecule has 174 valence electrons. The highest BCUT2D eigenvalue weighted by atomic mass is 35.5. The van der Waals surface area contributed by atoms with Crippen LogP contribution in [0.25, 0.3) is 0 Å². The van der Waals surface area contributed by atoms with Crippen molar-refractivity contribution >= 4 is 58.4 Å². The topological polar surface area (TPSA) is 49.4 Å². The van der Waals surface area contributed by atoms with E-state index in [1.165, 1.54) is 28.8 Å². The van der Waals surface area contributed by atoms with E-state index in [4.69, 9.17) is 34.8 Å². The molecule has 4 nitrogen and oxygen atoms in total. The monoisotopic (exact) mass is 518 g/mol. The summed E-state index contributed by atoms with van der Waals surface area (Å²) in [5.41, 5.74) is 1.02. The van der Waals surface area contributed by atoms with Crippen LogP contribution in [0, 0.1) is 5.82 Å². The van der Waals surface area contributed by atoms with Crippen molar-refractivity contribution < 1.29 is 14.0 Å². The predicted octanol–water partition coefficient (Wildman–Crippen LogP) is 6.35. The lowest BCUT2D eigenvalue weighted by molar-refractivity contribution is -0.138. The summed E-state index contributed by atoms with van der Waals surface area (Å²) < 4.78 is 14.0. The van der Waals surface area contributed by atoms with E-state index >= 15 is 0 Å². The van der Waals surface area contributed by atoms with Crippen LogP contribution in [-0.2, 0) is 21.9 Å². The maximum absolute atomic E-state index is 14.0. The summed E-state index contributed by atoms with van der Waals surface area (Å²) in [6, 6.07) is 8.75. The van der Waals surface area contributed by atoms with Crippen LogP contribution in [0.4, 0.5) is 4.39 Å². The molecule has 0 radical (unpaired) electrons. The minimum absolute atomic E-state index is 0.0152. The zero-order valence-corrected chi connectivity index (χ0v) is 21.2. The van der Waals surface area contributed by atoms with E-state index in [2.05, 4.69) is 5.32 Å². The maximum Gasteiger partial charge on any atom is 0.242 e. The Kier molecular flexibility index (Phi) is 10.6. The van der Waals surface area contributed by atoms with Crippen molar-refractivity contribution in [3.8, 4) is 0 Å². The molecule has 2 aromatic rings. The molecular formula is C23H26Cl3FN2O2S. The highest BCUT2D eigenvalue weighted by molar-refractivity contribution is 7.99. The minimum Gasteiger partial charge on any atom is -0.352 e. The molecule has 2 atom stereocenters. The van der Waals surface area contributed by atoms with Crippen LogP contribution in [0.15, 0.2) is 36.4 Å². The molecule has 0 heterocycles. The Bertz CT molecular complexity index is 941. The summed E-state index contributed by atoms with van der Waals surface area (Å²) in [5.74, 6) is -0.638. The molecule has 0 aromatic heterocycles. The summed E-state index contributed by atoms with van der Waals surface area (Å²) in [5, 5.41) is 4.12. The first-order chi connectivity index (χ1) is 15.1. The number of rotatable bonds is 10. The van der Waals surface area contributed by atoms with Gasteiger partial charge in [0.2, 0.25) is 11.8 Å². The van der Waals surface area contributed by atoms with Gasteiger partial charge in [-0.2, -0.15) is 0 Å². The van der Waals surface area contributed by atoms with Crippen molar-refractivity contribution in [2.45, 2.75) is 51.6 Å². The summed E-state index contributed by atoms with van der Waals surface area (Å²) in [6.45, 7) is 5.69. The van der Waals surface area contributed by atoms with E-state index in [0.717, 1.165) is 6.42 Å². The van der Waals surface area contributed by atoms with Gasteiger partial charge in [0.25, 0.3) is 0 Å². The van der Waals surface area contributed by atoms with E-state index in [1.807, 2.05) is 13.8 Å². The summed E-state index contributed by atoms with van der Waals surface area (Å²) >= 11 is 19.6. The van der Waals surface area contributed by atoms with Crippen molar-refractivity contribution in [3.63, 3.8) is 0 Å². The molecule has 2 rings (SSSR count). The Morgan fingerprint density at radius 1 is 1.12 bits per heavy atom. The average Bonchev–Trinajstić information content (AvgIpc) is 2.74. The first-order valence-electron chi connectivity index (χ1n) is 10.2. The molecule has 0 saturated carbocycles. The van der Waals surface area contributed by atoms with Crippen molar-refractivity contribution in [3.05, 3.63) is 68.4 Å². The molecule has 0 spiro atoms. The number of nitrogens with one attached hydrogen (secondary N) is 1.